The minimum absolute atomic E-state index is 0.146. The van der Waals surface area contributed by atoms with Gasteiger partial charge in [-0.25, -0.2) is 17.2 Å². The summed E-state index contributed by atoms with van der Waals surface area (Å²) < 4.78 is 50.5. The van der Waals surface area contributed by atoms with Gasteiger partial charge in [0.2, 0.25) is 0 Å². The van der Waals surface area contributed by atoms with Crippen LogP contribution in [-0.4, -0.2) is 25.5 Å². The molecule has 1 aromatic rings. The van der Waals surface area contributed by atoms with Gasteiger partial charge < -0.3 is 0 Å². The van der Waals surface area contributed by atoms with E-state index in [1.54, 1.807) is 0 Å². The zero-order chi connectivity index (χ0) is 14.8. The molecule has 7 heteroatoms. The monoisotopic (exact) mass is 304 g/mol. The Morgan fingerprint density at radius 1 is 1.25 bits per heavy atom. The number of hydrogen-bond acceptors (Lipinski definition) is 4. The SMILES string of the molecule is NNC(Cc1cc(F)cc(F)c1)C1CCCCS1(=O)=O. The molecular weight excluding hydrogens is 286 g/mol. The summed E-state index contributed by atoms with van der Waals surface area (Å²) in [4.78, 5) is 0. The number of benzene rings is 1. The van der Waals surface area contributed by atoms with Crippen molar-refractivity contribution in [2.24, 2.45) is 5.84 Å². The van der Waals surface area contributed by atoms with Crippen molar-refractivity contribution < 1.29 is 17.2 Å². The maximum Gasteiger partial charge on any atom is 0.154 e. The summed E-state index contributed by atoms with van der Waals surface area (Å²) in [7, 11) is -3.21. The molecule has 0 aromatic heterocycles. The molecule has 20 heavy (non-hydrogen) atoms. The van der Waals surface area contributed by atoms with Crippen LogP contribution in [-0.2, 0) is 16.3 Å². The van der Waals surface area contributed by atoms with E-state index in [4.69, 9.17) is 5.84 Å². The van der Waals surface area contributed by atoms with Crippen molar-refractivity contribution in [3.63, 3.8) is 0 Å². The first-order chi connectivity index (χ1) is 9.42. The molecule has 1 heterocycles. The molecule has 2 rings (SSSR count). The summed E-state index contributed by atoms with van der Waals surface area (Å²) >= 11 is 0. The van der Waals surface area contributed by atoms with Crippen molar-refractivity contribution in [2.45, 2.75) is 37.0 Å². The Labute approximate surface area is 117 Å². The molecule has 1 aromatic carbocycles. The van der Waals surface area contributed by atoms with Gasteiger partial charge in [0.25, 0.3) is 0 Å². The summed E-state index contributed by atoms with van der Waals surface area (Å²) in [6.07, 6.45) is 2.17. The highest BCUT2D eigenvalue weighted by Crippen LogP contribution is 2.24. The average Bonchev–Trinajstić information content (AvgIpc) is 2.35. The van der Waals surface area contributed by atoms with Crippen molar-refractivity contribution in [2.75, 3.05) is 5.75 Å². The smallest absolute Gasteiger partial charge is 0.154 e. The van der Waals surface area contributed by atoms with Crippen molar-refractivity contribution in [1.29, 1.82) is 0 Å². The van der Waals surface area contributed by atoms with Gasteiger partial charge in [0.05, 0.1) is 11.0 Å². The number of nitrogens with two attached hydrogens (primary N) is 1. The topological polar surface area (TPSA) is 72.2 Å². The molecule has 0 spiro atoms. The van der Waals surface area contributed by atoms with Crippen molar-refractivity contribution in [1.82, 2.24) is 5.43 Å². The molecule has 2 atom stereocenters. The first-order valence-electron chi connectivity index (χ1n) is 6.55. The van der Waals surface area contributed by atoms with Gasteiger partial charge in [-0.15, -0.1) is 0 Å². The van der Waals surface area contributed by atoms with E-state index < -0.39 is 32.8 Å². The van der Waals surface area contributed by atoms with Crippen LogP contribution >= 0.6 is 0 Å². The van der Waals surface area contributed by atoms with Gasteiger partial charge in [-0.3, -0.25) is 11.3 Å². The van der Waals surface area contributed by atoms with Gasteiger partial charge in [0.1, 0.15) is 11.6 Å². The fourth-order valence-electron chi connectivity index (χ4n) is 2.71. The number of hydrogen-bond donors (Lipinski definition) is 2. The summed E-state index contributed by atoms with van der Waals surface area (Å²) in [5.41, 5.74) is 2.89. The van der Waals surface area contributed by atoms with Gasteiger partial charge in [-0.2, -0.15) is 0 Å². The van der Waals surface area contributed by atoms with Crippen LogP contribution in [0.5, 0.6) is 0 Å². The highest BCUT2D eigenvalue weighted by molar-refractivity contribution is 7.92. The Morgan fingerprint density at radius 2 is 1.90 bits per heavy atom. The van der Waals surface area contributed by atoms with Crippen LogP contribution in [0.25, 0.3) is 0 Å². The predicted molar refractivity (Wildman–Crippen MR) is 72.6 cm³/mol. The summed E-state index contributed by atoms with van der Waals surface area (Å²) in [5, 5.41) is -0.604. The molecule has 0 amide bonds. The summed E-state index contributed by atoms with van der Waals surface area (Å²) in [6, 6.07) is 2.64. The summed E-state index contributed by atoms with van der Waals surface area (Å²) in [6.45, 7) is 0. The molecule has 1 fully saturated rings. The van der Waals surface area contributed by atoms with Crippen LogP contribution in [0, 0.1) is 11.6 Å². The number of hydrazine groups is 1. The van der Waals surface area contributed by atoms with E-state index in [2.05, 4.69) is 5.43 Å². The Hall–Kier alpha value is -1.05. The van der Waals surface area contributed by atoms with E-state index in [9.17, 15) is 17.2 Å². The molecule has 4 nitrogen and oxygen atoms in total. The molecule has 1 aliphatic rings. The van der Waals surface area contributed by atoms with Gasteiger partial charge in [0.15, 0.2) is 9.84 Å². The highest BCUT2D eigenvalue weighted by atomic mass is 32.2. The van der Waals surface area contributed by atoms with Crippen molar-refractivity contribution in [3.8, 4) is 0 Å². The van der Waals surface area contributed by atoms with Crippen molar-refractivity contribution in [3.05, 3.63) is 35.4 Å². The number of sulfone groups is 1. The fourth-order valence-corrected chi connectivity index (χ4v) is 4.82. The molecule has 0 aliphatic carbocycles. The van der Waals surface area contributed by atoms with E-state index in [1.807, 2.05) is 0 Å². The number of nitrogens with one attached hydrogen (secondary N) is 1. The van der Waals surface area contributed by atoms with Gasteiger partial charge in [-0.1, -0.05) is 6.42 Å². The second-order valence-corrected chi connectivity index (χ2v) is 7.50. The van der Waals surface area contributed by atoms with E-state index in [0.717, 1.165) is 12.5 Å². The van der Waals surface area contributed by atoms with Crippen LogP contribution in [0.4, 0.5) is 8.78 Å². The standard InChI is InChI=1S/C13H18F2N2O2S/c14-10-5-9(6-11(15)8-10)7-12(17-16)13-3-1-2-4-20(13,18)19/h5-6,8,12-13,17H,1-4,7,16H2. The third-order valence-electron chi connectivity index (χ3n) is 3.67. The zero-order valence-corrected chi connectivity index (χ0v) is 11.8. The maximum atomic E-state index is 13.2. The quantitative estimate of drug-likeness (QED) is 0.650. The summed E-state index contributed by atoms with van der Waals surface area (Å²) in [5.74, 6) is 4.24. The first kappa shape index (κ1) is 15.3. The van der Waals surface area contributed by atoms with E-state index in [0.29, 0.717) is 18.4 Å². The highest BCUT2D eigenvalue weighted by Gasteiger charge is 2.35. The van der Waals surface area contributed by atoms with Crippen LogP contribution in [0.2, 0.25) is 0 Å². The van der Waals surface area contributed by atoms with Crippen LogP contribution in [0.15, 0.2) is 18.2 Å². The van der Waals surface area contributed by atoms with Gasteiger partial charge >= 0.3 is 0 Å². The van der Waals surface area contributed by atoms with E-state index in [1.165, 1.54) is 12.1 Å². The fraction of sp³-hybridized carbons (Fsp3) is 0.538. The maximum absolute atomic E-state index is 13.2. The predicted octanol–water partition coefficient (Wildman–Crippen LogP) is 1.31. The minimum atomic E-state index is -3.21. The Balaban J connectivity index is 2.20. The first-order valence-corrected chi connectivity index (χ1v) is 8.26. The lowest BCUT2D eigenvalue weighted by atomic mass is 10.00. The van der Waals surface area contributed by atoms with Crippen LogP contribution in [0.1, 0.15) is 24.8 Å². The van der Waals surface area contributed by atoms with E-state index in [-0.39, 0.29) is 12.2 Å². The lowest BCUT2D eigenvalue weighted by Crippen LogP contribution is -2.50. The van der Waals surface area contributed by atoms with Crippen molar-refractivity contribution >= 4 is 9.84 Å². The Morgan fingerprint density at radius 3 is 2.45 bits per heavy atom. The Kier molecular flexibility index (Phi) is 4.72. The Bertz CT molecular complexity index is 557. The molecule has 0 saturated carbocycles. The lowest BCUT2D eigenvalue weighted by Gasteiger charge is -2.29. The largest absolute Gasteiger partial charge is 0.271 e. The van der Waals surface area contributed by atoms with Crippen LogP contribution < -0.4 is 11.3 Å². The second-order valence-electron chi connectivity index (χ2n) is 5.16. The molecular formula is C13H18F2N2O2S. The third-order valence-corrected chi connectivity index (χ3v) is 6.01. The normalized spacial score (nSPS) is 23.4. The van der Waals surface area contributed by atoms with E-state index >= 15 is 0 Å². The van der Waals surface area contributed by atoms with Crippen LogP contribution in [0.3, 0.4) is 0 Å². The second kappa shape index (κ2) is 6.15. The molecule has 1 saturated heterocycles. The molecule has 2 unspecified atom stereocenters. The number of rotatable bonds is 4. The number of halogens is 2. The minimum Gasteiger partial charge on any atom is -0.271 e. The molecule has 1 aliphatic heterocycles. The molecule has 112 valence electrons. The van der Waals surface area contributed by atoms with Gasteiger partial charge in [-0.05, 0) is 37.0 Å². The van der Waals surface area contributed by atoms with Gasteiger partial charge in [0, 0.05) is 12.1 Å². The molecule has 0 bridgehead atoms. The average molecular weight is 304 g/mol. The molecule has 3 N–H and O–H groups in total. The molecule has 0 radical (unpaired) electrons. The third kappa shape index (κ3) is 3.53. The zero-order valence-electron chi connectivity index (χ0n) is 11.0. The lowest BCUT2D eigenvalue weighted by molar-refractivity contribution is 0.439.